The average Bonchev–Trinajstić information content (AvgIpc) is 2.33. The summed E-state index contributed by atoms with van der Waals surface area (Å²) >= 11 is 0. The van der Waals surface area contributed by atoms with E-state index in [0.29, 0.717) is 19.1 Å². The molecule has 0 radical (unpaired) electrons. The van der Waals surface area contributed by atoms with Gasteiger partial charge in [0.1, 0.15) is 0 Å². The standard InChI is InChI=1S/C15H24N2O/c1-12(15(2,3)4)16-11-14(18)17-10-13-8-6-5-7-9-13/h5-9,12,16H,10-11H2,1-4H3,(H,17,18). The van der Waals surface area contributed by atoms with Crippen molar-refractivity contribution < 1.29 is 4.79 Å². The summed E-state index contributed by atoms with van der Waals surface area (Å²) < 4.78 is 0. The summed E-state index contributed by atoms with van der Waals surface area (Å²) in [6, 6.07) is 10.2. The highest BCUT2D eigenvalue weighted by Gasteiger charge is 2.19. The highest BCUT2D eigenvalue weighted by molar-refractivity contribution is 5.78. The Bertz CT molecular complexity index is 368. The normalized spacial score (nSPS) is 13.1. The van der Waals surface area contributed by atoms with Crippen LogP contribution in [0, 0.1) is 5.41 Å². The van der Waals surface area contributed by atoms with Gasteiger partial charge in [0.2, 0.25) is 5.91 Å². The maximum absolute atomic E-state index is 11.7. The van der Waals surface area contributed by atoms with Crippen molar-refractivity contribution in [2.75, 3.05) is 6.54 Å². The van der Waals surface area contributed by atoms with Crippen LogP contribution in [-0.4, -0.2) is 18.5 Å². The minimum Gasteiger partial charge on any atom is -0.351 e. The van der Waals surface area contributed by atoms with Crippen molar-refractivity contribution in [1.82, 2.24) is 10.6 Å². The average molecular weight is 248 g/mol. The van der Waals surface area contributed by atoms with Crippen LogP contribution >= 0.6 is 0 Å². The Kier molecular flexibility index (Phi) is 5.35. The third-order valence-corrected chi connectivity index (χ3v) is 3.20. The van der Waals surface area contributed by atoms with E-state index in [4.69, 9.17) is 0 Å². The van der Waals surface area contributed by atoms with Gasteiger partial charge in [-0.3, -0.25) is 4.79 Å². The van der Waals surface area contributed by atoms with Gasteiger partial charge in [0, 0.05) is 12.6 Å². The largest absolute Gasteiger partial charge is 0.351 e. The molecule has 100 valence electrons. The Morgan fingerprint density at radius 3 is 2.39 bits per heavy atom. The fourth-order valence-electron chi connectivity index (χ4n) is 1.41. The molecule has 1 unspecified atom stereocenters. The fraction of sp³-hybridized carbons (Fsp3) is 0.533. The van der Waals surface area contributed by atoms with Gasteiger partial charge in [0.15, 0.2) is 0 Å². The van der Waals surface area contributed by atoms with Gasteiger partial charge in [-0.05, 0) is 17.9 Å². The second kappa shape index (κ2) is 6.55. The Balaban J connectivity index is 2.27. The summed E-state index contributed by atoms with van der Waals surface area (Å²) in [6.45, 7) is 9.53. The van der Waals surface area contributed by atoms with Crippen LogP contribution in [0.5, 0.6) is 0 Å². The number of hydrogen-bond acceptors (Lipinski definition) is 2. The lowest BCUT2D eigenvalue weighted by Crippen LogP contribution is -2.43. The topological polar surface area (TPSA) is 41.1 Å². The molecule has 1 aromatic carbocycles. The number of rotatable bonds is 5. The van der Waals surface area contributed by atoms with Crippen molar-refractivity contribution in [3.05, 3.63) is 35.9 Å². The van der Waals surface area contributed by atoms with Crippen molar-refractivity contribution in [1.29, 1.82) is 0 Å². The lowest BCUT2D eigenvalue weighted by Gasteiger charge is -2.27. The van der Waals surface area contributed by atoms with Gasteiger partial charge in [-0.15, -0.1) is 0 Å². The zero-order valence-corrected chi connectivity index (χ0v) is 11.8. The smallest absolute Gasteiger partial charge is 0.234 e. The van der Waals surface area contributed by atoms with Crippen molar-refractivity contribution >= 4 is 5.91 Å². The minimum atomic E-state index is 0.0370. The molecule has 18 heavy (non-hydrogen) atoms. The molecule has 3 heteroatoms. The molecular formula is C15H24N2O. The van der Waals surface area contributed by atoms with E-state index >= 15 is 0 Å². The Morgan fingerprint density at radius 1 is 1.22 bits per heavy atom. The van der Waals surface area contributed by atoms with Crippen molar-refractivity contribution in [3.63, 3.8) is 0 Å². The van der Waals surface area contributed by atoms with Gasteiger partial charge < -0.3 is 10.6 Å². The highest BCUT2D eigenvalue weighted by Crippen LogP contribution is 2.17. The lowest BCUT2D eigenvalue weighted by molar-refractivity contribution is -0.120. The maximum Gasteiger partial charge on any atom is 0.234 e. The summed E-state index contributed by atoms with van der Waals surface area (Å²) in [5.74, 6) is 0.0370. The van der Waals surface area contributed by atoms with E-state index in [9.17, 15) is 4.79 Å². The first kappa shape index (κ1) is 14.7. The van der Waals surface area contributed by atoms with Crippen LogP contribution in [0.25, 0.3) is 0 Å². The molecular weight excluding hydrogens is 224 g/mol. The van der Waals surface area contributed by atoms with Crippen molar-refractivity contribution in [2.24, 2.45) is 5.41 Å². The number of amides is 1. The fourth-order valence-corrected chi connectivity index (χ4v) is 1.41. The zero-order chi connectivity index (χ0) is 13.6. The highest BCUT2D eigenvalue weighted by atomic mass is 16.1. The molecule has 0 aliphatic rings. The molecule has 0 saturated carbocycles. The number of hydrogen-bond donors (Lipinski definition) is 2. The van der Waals surface area contributed by atoms with Crippen molar-refractivity contribution in [3.8, 4) is 0 Å². The van der Waals surface area contributed by atoms with Crippen LogP contribution in [0.3, 0.4) is 0 Å². The molecule has 0 bridgehead atoms. The zero-order valence-electron chi connectivity index (χ0n) is 11.8. The number of nitrogens with one attached hydrogen (secondary N) is 2. The van der Waals surface area contributed by atoms with Crippen LogP contribution in [0.15, 0.2) is 30.3 Å². The Hall–Kier alpha value is -1.35. The van der Waals surface area contributed by atoms with Crippen molar-refractivity contribution in [2.45, 2.75) is 40.3 Å². The van der Waals surface area contributed by atoms with Crippen LogP contribution in [0.4, 0.5) is 0 Å². The summed E-state index contributed by atoms with van der Waals surface area (Å²) in [7, 11) is 0. The predicted molar refractivity (Wildman–Crippen MR) is 75.2 cm³/mol. The molecule has 1 aromatic rings. The van der Waals surface area contributed by atoms with Gasteiger partial charge >= 0.3 is 0 Å². The molecule has 0 aliphatic carbocycles. The van der Waals surface area contributed by atoms with E-state index in [1.807, 2.05) is 30.3 Å². The Morgan fingerprint density at radius 2 is 1.83 bits per heavy atom. The molecule has 0 heterocycles. The van der Waals surface area contributed by atoms with E-state index in [0.717, 1.165) is 5.56 Å². The van der Waals surface area contributed by atoms with Gasteiger partial charge in [-0.2, -0.15) is 0 Å². The van der Waals surface area contributed by atoms with Crippen LogP contribution in [-0.2, 0) is 11.3 Å². The second-order valence-corrected chi connectivity index (χ2v) is 5.73. The third-order valence-electron chi connectivity index (χ3n) is 3.20. The first-order chi connectivity index (χ1) is 8.39. The molecule has 0 fully saturated rings. The number of carbonyl (C=O) groups excluding carboxylic acids is 1. The van der Waals surface area contributed by atoms with Gasteiger partial charge in [0.05, 0.1) is 6.54 Å². The molecule has 0 aromatic heterocycles. The quantitative estimate of drug-likeness (QED) is 0.839. The van der Waals surface area contributed by atoms with Crippen LogP contribution in [0.1, 0.15) is 33.3 Å². The molecule has 0 aliphatic heterocycles. The first-order valence-corrected chi connectivity index (χ1v) is 6.43. The summed E-state index contributed by atoms with van der Waals surface area (Å²) in [5.41, 5.74) is 1.29. The lowest BCUT2D eigenvalue weighted by atomic mass is 9.88. The van der Waals surface area contributed by atoms with Gasteiger partial charge in [0.25, 0.3) is 0 Å². The predicted octanol–water partition coefficient (Wildman–Crippen LogP) is 2.33. The SMILES string of the molecule is CC(NCC(=O)NCc1ccccc1)C(C)(C)C. The number of benzene rings is 1. The summed E-state index contributed by atoms with van der Waals surface area (Å²) in [5, 5.41) is 6.15. The third kappa shape index (κ3) is 5.32. The molecule has 1 rings (SSSR count). The monoisotopic (exact) mass is 248 g/mol. The molecule has 1 atom stereocenters. The molecule has 2 N–H and O–H groups in total. The van der Waals surface area contributed by atoms with E-state index in [1.165, 1.54) is 0 Å². The van der Waals surface area contributed by atoms with E-state index < -0.39 is 0 Å². The van der Waals surface area contributed by atoms with Crippen LogP contribution in [0.2, 0.25) is 0 Å². The minimum absolute atomic E-state index is 0.0370. The molecule has 0 spiro atoms. The van der Waals surface area contributed by atoms with E-state index in [1.54, 1.807) is 0 Å². The van der Waals surface area contributed by atoms with Gasteiger partial charge in [-0.1, -0.05) is 51.1 Å². The maximum atomic E-state index is 11.7. The number of carbonyl (C=O) groups is 1. The summed E-state index contributed by atoms with van der Waals surface area (Å²) in [4.78, 5) is 11.7. The molecule has 3 nitrogen and oxygen atoms in total. The first-order valence-electron chi connectivity index (χ1n) is 6.43. The van der Waals surface area contributed by atoms with E-state index in [-0.39, 0.29) is 11.3 Å². The Labute approximate surface area is 110 Å². The summed E-state index contributed by atoms with van der Waals surface area (Å²) in [6.07, 6.45) is 0. The second-order valence-electron chi connectivity index (χ2n) is 5.73. The van der Waals surface area contributed by atoms with Gasteiger partial charge in [-0.25, -0.2) is 0 Å². The molecule has 1 amide bonds. The van der Waals surface area contributed by atoms with E-state index in [2.05, 4.69) is 38.3 Å². The molecule has 0 saturated heterocycles. The van der Waals surface area contributed by atoms with Crippen LogP contribution < -0.4 is 10.6 Å².